The van der Waals surface area contributed by atoms with Crippen LogP contribution in [0.3, 0.4) is 0 Å². The molecule has 1 aromatic carbocycles. The van der Waals surface area contributed by atoms with Crippen LogP contribution in [-0.4, -0.2) is 66.7 Å². The number of nitrogens with one attached hydrogen (secondary N) is 2. The first kappa shape index (κ1) is 26.6. The van der Waals surface area contributed by atoms with E-state index in [0.717, 1.165) is 38.5 Å². The second kappa shape index (κ2) is 12.2. The number of nitrogens with zero attached hydrogens (tertiary/aromatic N) is 2. The minimum absolute atomic E-state index is 0.00992. The summed E-state index contributed by atoms with van der Waals surface area (Å²) in [6, 6.07) is 7.60. The first-order chi connectivity index (χ1) is 17.9. The smallest absolute Gasteiger partial charge is 0.286 e. The van der Waals surface area contributed by atoms with Crippen molar-refractivity contribution in [2.24, 2.45) is 10.9 Å². The maximum Gasteiger partial charge on any atom is 0.286 e. The van der Waals surface area contributed by atoms with Crippen molar-refractivity contribution in [1.82, 2.24) is 15.5 Å². The number of amides is 3. The van der Waals surface area contributed by atoms with Crippen LogP contribution < -0.4 is 10.6 Å². The zero-order chi connectivity index (χ0) is 26.3. The normalized spacial score (nSPS) is 20.1. The third-order valence-corrected chi connectivity index (χ3v) is 8.03. The largest absolute Gasteiger partial charge is 0.503 e. The Morgan fingerprint density at radius 1 is 1.16 bits per heavy atom. The van der Waals surface area contributed by atoms with E-state index in [9.17, 15) is 19.5 Å². The second-order valence-corrected chi connectivity index (χ2v) is 10.4. The van der Waals surface area contributed by atoms with Gasteiger partial charge in [-0.1, -0.05) is 68.5 Å². The summed E-state index contributed by atoms with van der Waals surface area (Å²) in [7, 11) is 1.53. The fraction of sp³-hybridized carbons (Fsp3) is 0.517. The van der Waals surface area contributed by atoms with Crippen molar-refractivity contribution in [2.45, 2.75) is 62.8 Å². The van der Waals surface area contributed by atoms with Crippen LogP contribution in [0, 0.1) is 5.92 Å². The molecule has 1 heterocycles. The third kappa shape index (κ3) is 6.48. The Bertz CT molecular complexity index is 1080. The van der Waals surface area contributed by atoms with Crippen molar-refractivity contribution in [3.05, 3.63) is 53.3 Å². The van der Waals surface area contributed by atoms with Crippen LogP contribution >= 0.6 is 0 Å². The van der Waals surface area contributed by atoms with E-state index < -0.39 is 23.6 Å². The lowest BCUT2D eigenvalue weighted by molar-refractivity contribution is -0.135. The summed E-state index contributed by atoms with van der Waals surface area (Å²) in [5, 5.41) is 15.4. The summed E-state index contributed by atoms with van der Waals surface area (Å²) in [4.78, 5) is 44.0. The number of likely N-dealkylation sites (tertiary alicyclic amines) is 1. The van der Waals surface area contributed by atoms with Gasteiger partial charge in [0.15, 0.2) is 5.76 Å². The van der Waals surface area contributed by atoms with Crippen LogP contribution in [0.2, 0.25) is 0 Å². The number of rotatable bonds is 8. The zero-order valence-corrected chi connectivity index (χ0v) is 21.6. The van der Waals surface area contributed by atoms with Crippen LogP contribution in [0.4, 0.5) is 0 Å². The van der Waals surface area contributed by atoms with Gasteiger partial charge in [-0.2, -0.15) is 0 Å². The first-order valence-corrected chi connectivity index (χ1v) is 13.4. The molecule has 2 fully saturated rings. The Labute approximate surface area is 218 Å². The fourth-order valence-electron chi connectivity index (χ4n) is 5.86. The van der Waals surface area contributed by atoms with Gasteiger partial charge < -0.3 is 20.6 Å². The Kier molecular flexibility index (Phi) is 8.79. The van der Waals surface area contributed by atoms with Gasteiger partial charge in [0.2, 0.25) is 11.8 Å². The van der Waals surface area contributed by atoms with Crippen LogP contribution in [0.5, 0.6) is 0 Å². The quantitative estimate of drug-likeness (QED) is 0.285. The molecule has 4 rings (SSSR count). The molecule has 0 aromatic heterocycles. The molecule has 1 aliphatic heterocycles. The second-order valence-electron chi connectivity index (χ2n) is 10.4. The number of carbonyl (C=O) groups excluding carboxylic acids is 3. The third-order valence-electron chi connectivity index (χ3n) is 8.03. The molecule has 3 aliphatic rings. The average molecular weight is 507 g/mol. The summed E-state index contributed by atoms with van der Waals surface area (Å²) >= 11 is 0. The number of hydrogen-bond donors (Lipinski definition) is 3. The zero-order valence-electron chi connectivity index (χ0n) is 21.6. The van der Waals surface area contributed by atoms with Gasteiger partial charge in [-0.05, 0) is 36.3 Å². The minimum atomic E-state index is -0.817. The maximum atomic E-state index is 13.1. The first-order valence-electron chi connectivity index (χ1n) is 13.4. The van der Waals surface area contributed by atoms with Gasteiger partial charge in [-0.3, -0.25) is 19.4 Å². The highest BCUT2D eigenvalue weighted by Gasteiger charge is 2.39. The van der Waals surface area contributed by atoms with E-state index >= 15 is 0 Å². The monoisotopic (exact) mass is 506 g/mol. The highest BCUT2D eigenvalue weighted by molar-refractivity contribution is 5.98. The van der Waals surface area contributed by atoms with E-state index in [0.29, 0.717) is 25.4 Å². The topological polar surface area (TPSA) is 111 Å². The van der Waals surface area contributed by atoms with Gasteiger partial charge in [-0.25, -0.2) is 0 Å². The maximum absolute atomic E-state index is 13.1. The van der Waals surface area contributed by atoms with Gasteiger partial charge in [0.25, 0.3) is 5.91 Å². The molecule has 3 N–H and O–H groups in total. The van der Waals surface area contributed by atoms with Crippen molar-refractivity contribution < 1.29 is 19.5 Å². The summed E-state index contributed by atoms with van der Waals surface area (Å²) < 4.78 is 0. The number of benzene rings is 1. The Balaban J connectivity index is 1.32. The van der Waals surface area contributed by atoms with Gasteiger partial charge in [0.05, 0.1) is 6.54 Å². The van der Waals surface area contributed by atoms with Crippen molar-refractivity contribution in [1.29, 1.82) is 0 Å². The van der Waals surface area contributed by atoms with E-state index in [1.54, 1.807) is 0 Å². The summed E-state index contributed by atoms with van der Waals surface area (Å²) in [5.41, 5.74) is 2.58. The van der Waals surface area contributed by atoms with E-state index in [2.05, 4.69) is 46.0 Å². The predicted octanol–water partition coefficient (Wildman–Crippen LogP) is 3.29. The van der Waals surface area contributed by atoms with Gasteiger partial charge in [0.1, 0.15) is 6.04 Å². The number of hydrogen-bond acceptors (Lipinski definition) is 5. The van der Waals surface area contributed by atoms with Crippen molar-refractivity contribution in [2.75, 3.05) is 26.7 Å². The number of aliphatic hydroxyl groups is 1. The van der Waals surface area contributed by atoms with E-state index in [-0.39, 0.29) is 17.9 Å². The molecule has 8 heteroatoms. The lowest BCUT2D eigenvalue weighted by atomic mass is 9.74. The Hall–Kier alpha value is -3.42. The molecule has 0 bridgehead atoms. The van der Waals surface area contributed by atoms with E-state index in [1.807, 2.05) is 11.0 Å². The standard InChI is InChI=1S/C29H38N4O4/c1-30-16-12-25(34)28(37)32-24(19-21-7-3-2-4-8-21)27(36)31-20-26(35)33-17-14-29(15-18-33)13-11-22-9-5-6-10-23(22)29/h5-6,9-13,16,21,24,34H,2-4,7-8,14-15,17-20H2,1H3,(H,31,36)(H,32,37)/b25-12-,30-16-/t24-/m0/s1. The fourth-order valence-corrected chi connectivity index (χ4v) is 5.86. The van der Waals surface area contributed by atoms with Crippen LogP contribution in [0.25, 0.3) is 6.08 Å². The molecular formula is C29H38N4O4. The summed E-state index contributed by atoms with van der Waals surface area (Å²) in [6.45, 7) is 1.15. The van der Waals surface area contributed by atoms with Crippen LogP contribution in [-0.2, 0) is 19.8 Å². The lowest BCUT2D eigenvalue weighted by Gasteiger charge is -2.39. The number of allylic oxidation sites excluding steroid dienone is 2. The van der Waals surface area contributed by atoms with Crippen molar-refractivity contribution in [3.63, 3.8) is 0 Å². The Morgan fingerprint density at radius 2 is 1.89 bits per heavy atom. The number of fused-ring (bicyclic) bond motifs is 2. The molecule has 37 heavy (non-hydrogen) atoms. The molecule has 1 saturated carbocycles. The molecule has 198 valence electrons. The lowest BCUT2D eigenvalue weighted by Crippen LogP contribution is -2.52. The number of piperidine rings is 1. The molecule has 3 amide bonds. The number of carbonyl (C=O) groups is 3. The predicted molar refractivity (Wildman–Crippen MR) is 144 cm³/mol. The number of aliphatic hydroxyl groups excluding tert-OH is 1. The highest BCUT2D eigenvalue weighted by Crippen LogP contribution is 2.43. The molecule has 8 nitrogen and oxygen atoms in total. The molecule has 2 aliphatic carbocycles. The summed E-state index contributed by atoms with van der Waals surface area (Å²) in [6.07, 6.45) is 14.6. The van der Waals surface area contributed by atoms with Gasteiger partial charge >= 0.3 is 0 Å². The molecular weight excluding hydrogens is 468 g/mol. The molecule has 0 unspecified atom stereocenters. The van der Waals surface area contributed by atoms with Gasteiger partial charge in [-0.15, -0.1) is 0 Å². The molecule has 1 atom stereocenters. The van der Waals surface area contributed by atoms with Crippen LogP contribution in [0.15, 0.2) is 47.2 Å². The van der Waals surface area contributed by atoms with Gasteiger partial charge in [0, 0.05) is 37.8 Å². The van der Waals surface area contributed by atoms with E-state index in [1.165, 1.54) is 36.9 Å². The molecule has 1 spiro atoms. The average Bonchev–Trinajstić information content (AvgIpc) is 3.28. The minimum Gasteiger partial charge on any atom is -0.503 e. The molecule has 0 radical (unpaired) electrons. The summed E-state index contributed by atoms with van der Waals surface area (Å²) in [5.74, 6) is -1.43. The number of aliphatic imine (C=N–C) groups is 1. The van der Waals surface area contributed by atoms with E-state index in [4.69, 9.17) is 0 Å². The Morgan fingerprint density at radius 3 is 2.62 bits per heavy atom. The highest BCUT2D eigenvalue weighted by atomic mass is 16.3. The van der Waals surface area contributed by atoms with Crippen molar-refractivity contribution in [3.8, 4) is 0 Å². The van der Waals surface area contributed by atoms with Crippen LogP contribution in [0.1, 0.15) is 62.5 Å². The SMILES string of the molecule is C/N=C\C=C(/O)C(=O)N[C@@H](CC1CCCCC1)C(=O)NCC(=O)N1CCC2(C=Cc3ccccc32)CC1. The molecule has 1 saturated heterocycles. The molecule has 1 aromatic rings. The van der Waals surface area contributed by atoms with Crippen molar-refractivity contribution >= 4 is 30.0 Å².